The van der Waals surface area contributed by atoms with Gasteiger partial charge < -0.3 is 15.5 Å². The lowest BCUT2D eigenvalue weighted by molar-refractivity contribution is 0.0994. The molecule has 5 heteroatoms. The SMILES string of the molecule is Cc1nc(C)c(C(=O)Nc2ccccc2C(C)N)o1. The molecule has 0 saturated carbocycles. The van der Waals surface area contributed by atoms with E-state index in [1.165, 1.54) is 0 Å². The number of rotatable bonds is 3. The third-order valence-corrected chi connectivity index (χ3v) is 2.81. The maximum absolute atomic E-state index is 12.1. The molecule has 5 nitrogen and oxygen atoms in total. The zero-order valence-corrected chi connectivity index (χ0v) is 11.2. The first-order chi connectivity index (χ1) is 8.99. The van der Waals surface area contributed by atoms with E-state index >= 15 is 0 Å². The predicted octanol–water partition coefficient (Wildman–Crippen LogP) is 2.56. The molecule has 0 radical (unpaired) electrons. The van der Waals surface area contributed by atoms with Gasteiger partial charge in [-0.1, -0.05) is 18.2 Å². The van der Waals surface area contributed by atoms with Gasteiger partial charge in [0.25, 0.3) is 5.91 Å². The number of aromatic nitrogens is 1. The fourth-order valence-electron chi connectivity index (χ4n) is 1.93. The van der Waals surface area contributed by atoms with Gasteiger partial charge in [-0.25, -0.2) is 4.98 Å². The maximum Gasteiger partial charge on any atom is 0.293 e. The third kappa shape index (κ3) is 2.82. The molecule has 1 aromatic carbocycles. The summed E-state index contributed by atoms with van der Waals surface area (Å²) in [5.41, 5.74) is 8.02. The van der Waals surface area contributed by atoms with Crippen LogP contribution in [0.4, 0.5) is 5.69 Å². The Bertz CT molecular complexity index is 602. The minimum atomic E-state index is -0.314. The molecule has 0 fully saturated rings. The summed E-state index contributed by atoms with van der Waals surface area (Å²) in [5.74, 6) is 0.395. The van der Waals surface area contributed by atoms with E-state index in [4.69, 9.17) is 10.2 Å². The van der Waals surface area contributed by atoms with Gasteiger partial charge in [0.1, 0.15) is 0 Å². The standard InChI is InChI=1S/C14H17N3O2/c1-8(15)11-6-4-5-7-12(11)17-14(18)13-9(2)16-10(3)19-13/h4-8H,15H2,1-3H3,(H,17,18). The van der Waals surface area contributed by atoms with Gasteiger partial charge in [0.05, 0.1) is 5.69 Å². The molecule has 0 aliphatic rings. The van der Waals surface area contributed by atoms with Crippen molar-refractivity contribution in [2.45, 2.75) is 26.8 Å². The number of oxazole rings is 1. The van der Waals surface area contributed by atoms with Gasteiger partial charge in [0.2, 0.25) is 5.76 Å². The molecule has 0 bridgehead atoms. The molecule has 2 rings (SSSR count). The Labute approximate surface area is 111 Å². The van der Waals surface area contributed by atoms with Crippen molar-refractivity contribution in [3.63, 3.8) is 0 Å². The number of aryl methyl sites for hydroxylation is 2. The van der Waals surface area contributed by atoms with Crippen LogP contribution in [0.25, 0.3) is 0 Å². The highest BCUT2D eigenvalue weighted by molar-refractivity contribution is 6.03. The smallest absolute Gasteiger partial charge is 0.293 e. The summed E-state index contributed by atoms with van der Waals surface area (Å²) in [5, 5.41) is 2.81. The Morgan fingerprint density at radius 3 is 2.63 bits per heavy atom. The number of benzene rings is 1. The van der Waals surface area contributed by atoms with E-state index in [0.29, 0.717) is 17.3 Å². The first kappa shape index (κ1) is 13.3. The molecule has 0 aliphatic carbocycles. The van der Waals surface area contributed by atoms with Crippen molar-refractivity contribution in [2.24, 2.45) is 5.73 Å². The van der Waals surface area contributed by atoms with Gasteiger partial charge in [-0.15, -0.1) is 0 Å². The molecule has 2 aromatic rings. The van der Waals surface area contributed by atoms with E-state index in [-0.39, 0.29) is 17.7 Å². The number of carbonyl (C=O) groups excluding carboxylic acids is 1. The average molecular weight is 259 g/mol. The van der Waals surface area contributed by atoms with Gasteiger partial charge in [-0.05, 0) is 25.5 Å². The summed E-state index contributed by atoms with van der Waals surface area (Å²) in [7, 11) is 0. The van der Waals surface area contributed by atoms with E-state index in [1.807, 2.05) is 31.2 Å². The summed E-state index contributed by atoms with van der Waals surface area (Å²) in [6.07, 6.45) is 0. The average Bonchev–Trinajstić information content (AvgIpc) is 2.69. The Morgan fingerprint density at radius 1 is 1.37 bits per heavy atom. The Kier molecular flexibility index (Phi) is 3.66. The molecule has 1 aromatic heterocycles. The van der Waals surface area contributed by atoms with Gasteiger partial charge in [0, 0.05) is 18.7 Å². The Hall–Kier alpha value is -2.14. The number of para-hydroxylation sites is 1. The minimum Gasteiger partial charge on any atom is -0.436 e. The molecule has 1 heterocycles. The van der Waals surface area contributed by atoms with Crippen molar-refractivity contribution in [1.29, 1.82) is 0 Å². The largest absolute Gasteiger partial charge is 0.436 e. The highest BCUT2D eigenvalue weighted by Crippen LogP contribution is 2.22. The van der Waals surface area contributed by atoms with Gasteiger partial charge >= 0.3 is 0 Å². The predicted molar refractivity (Wildman–Crippen MR) is 73.0 cm³/mol. The number of carbonyl (C=O) groups is 1. The van der Waals surface area contributed by atoms with Crippen LogP contribution in [-0.4, -0.2) is 10.9 Å². The van der Waals surface area contributed by atoms with Crippen LogP contribution >= 0.6 is 0 Å². The second-order valence-corrected chi connectivity index (χ2v) is 4.48. The first-order valence-electron chi connectivity index (χ1n) is 6.09. The van der Waals surface area contributed by atoms with E-state index in [9.17, 15) is 4.79 Å². The highest BCUT2D eigenvalue weighted by Gasteiger charge is 2.17. The summed E-state index contributed by atoms with van der Waals surface area (Å²) in [6.45, 7) is 5.32. The van der Waals surface area contributed by atoms with E-state index in [0.717, 1.165) is 5.56 Å². The van der Waals surface area contributed by atoms with E-state index in [2.05, 4.69) is 10.3 Å². The summed E-state index contributed by atoms with van der Waals surface area (Å²) < 4.78 is 5.29. The number of hydrogen-bond donors (Lipinski definition) is 2. The fraction of sp³-hybridized carbons (Fsp3) is 0.286. The zero-order chi connectivity index (χ0) is 14.0. The topological polar surface area (TPSA) is 81.2 Å². The normalized spacial score (nSPS) is 12.2. The number of nitrogens with two attached hydrogens (primary N) is 1. The molecular weight excluding hydrogens is 242 g/mol. The quantitative estimate of drug-likeness (QED) is 0.887. The van der Waals surface area contributed by atoms with Gasteiger partial charge in [-0.3, -0.25) is 4.79 Å². The first-order valence-corrected chi connectivity index (χ1v) is 6.09. The molecule has 0 aliphatic heterocycles. The number of hydrogen-bond acceptors (Lipinski definition) is 4. The van der Waals surface area contributed by atoms with Crippen molar-refractivity contribution in [2.75, 3.05) is 5.32 Å². The minimum absolute atomic E-state index is 0.158. The molecular formula is C14H17N3O2. The van der Waals surface area contributed by atoms with Crippen molar-refractivity contribution in [1.82, 2.24) is 4.98 Å². The van der Waals surface area contributed by atoms with Gasteiger partial charge in [-0.2, -0.15) is 0 Å². The van der Waals surface area contributed by atoms with E-state index in [1.54, 1.807) is 13.8 Å². The number of nitrogens with one attached hydrogen (secondary N) is 1. The van der Waals surface area contributed by atoms with Crippen LogP contribution in [0, 0.1) is 13.8 Å². The van der Waals surface area contributed by atoms with Crippen LogP contribution in [0.5, 0.6) is 0 Å². The molecule has 1 amide bonds. The molecule has 1 unspecified atom stereocenters. The van der Waals surface area contributed by atoms with Crippen LogP contribution < -0.4 is 11.1 Å². The summed E-state index contributed by atoms with van der Waals surface area (Å²) in [4.78, 5) is 16.2. The lowest BCUT2D eigenvalue weighted by Crippen LogP contribution is -2.16. The van der Waals surface area contributed by atoms with Crippen LogP contribution in [0.15, 0.2) is 28.7 Å². The van der Waals surface area contributed by atoms with E-state index < -0.39 is 0 Å². The molecule has 0 saturated heterocycles. The van der Waals surface area contributed by atoms with Gasteiger partial charge in [0.15, 0.2) is 5.89 Å². The van der Waals surface area contributed by atoms with Crippen molar-refractivity contribution in [3.05, 3.63) is 47.2 Å². The molecule has 0 spiro atoms. The summed E-state index contributed by atoms with van der Waals surface area (Å²) in [6, 6.07) is 7.28. The lowest BCUT2D eigenvalue weighted by Gasteiger charge is -2.12. The van der Waals surface area contributed by atoms with Crippen molar-refractivity contribution >= 4 is 11.6 Å². The Morgan fingerprint density at radius 2 is 2.05 bits per heavy atom. The molecule has 19 heavy (non-hydrogen) atoms. The monoisotopic (exact) mass is 259 g/mol. The zero-order valence-electron chi connectivity index (χ0n) is 11.2. The molecule has 100 valence electrons. The molecule has 1 atom stereocenters. The van der Waals surface area contributed by atoms with Crippen molar-refractivity contribution < 1.29 is 9.21 Å². The second-order valence-electron chi connectivity index (χ2n) is 4.48. The van der Waals surface area contributed by atoms with Crippen molar-refractivity contribution in [3.8, 4) is 0 Å². The summed E-state index contributed by atoms with van der Waals surface area (Å²) >= 11 is 0. The number of nitrogens with zero attached hydrogens (tertiary/aromatic N) is 1. The fourth-order valence-corrected chi connectivity index (χ4v) is 1.93. The van der Waals surface area contributed by atoms with Crippen LogP contribution in [-0.2, 0) is 0 Å². The molecule has 3 N–H and O–H groups in total. The highest BCUT2D eigenvalue weighted by atomic mass is 16.4. The third-order valence-electron chi connectivity index (χ3n) is 2.81. The number of amides is 1. The van der Waals surface area contributed by atoms with Crippen LogP contribution in [0.2, 0.25) is 0 Å². The second kappa shape index (κ2) is 5.24. The Balaban J connectivity index is 2.27. The lowest BCUT2D eigenvalue weighted by atomic mass is 10.1. The number of anilines is 1. The van der Waals surface area contributed by atoms with Crippen LogP contribution in [0.1, 0.15) is 40.7 Å². The maximum atomic E-state index is 12.1. The van der Waals surface area contributed by atoms with Crippen LogP contribution in [0.3, 0.4) is 0 Å².